The summed E-state index contributed by atoms with van der Waals surface area (Å²) in [5.74, 6) is -4.73. The number of aromatic nitrogens is 3. The van der Waals surface area contributed by atoms with Crippen LogP contribution in [-0.4, -0.2) is 49.5 Å². The number of halogens is 7. The number of fused-ring (bicyclic) bond motifs is 1. The summed E-state index contributed by atoms with van der Waals surface area (Å²) >= 11 is 5.93. The molecule has 0 unspecified atom stereocenters. The van der Waals surface area contributed by atoms with Gasteiger partial charge in [-0.3, -0.25) is 4.98 Å². The Balaban J connectivity index is 0.000000317. The van der Waals surface area contributed by atoms with Crippen molar-refractivity contribution in [3.63, 3.8) is 0 Å². The van der Waals surface area contributed by atoms with Gasteiger partial charge in [0, 0.05) is 17.4 Å². The van der Waals surface area contributed by atoms with Gasteiger partial charge in [-0.25, -0.2) is 14.6 Å². The van der Waals surface area contributed by atoms with Crippen molar-refractivity contribution in [2.24, 2.45) is 5.73 Å². The second-order valence-corrected chi connectivity index (χ2v) is 8.07. The number of H-pyrrole nitrogens is 1. The molecule has 0 amide bonds. The Kier molecular flexibility index (Phi) is 10.4. The number of hydrogen-bond acceptors (Lipinski definition) is 5. The Hall–Kier alpha value is -4.17. The summed E-state index contributed by atoms with van der Waals surface area (Å²) < 4.78 is 63.5. The molecule has 2 aromatic carbocycles. The molecule has 0 fully saturated rings. The van der Waals surface area contributed by atoms with Crippen LogP contribution in [-0.2, 0) is 16.0 Å². The van der Waals surface area contributed by atoms with Crippen molar-refractivity contribution in [1.29, 1.82) is 0 Å². The van der Waals surface area contributed by atoms with Crippen LogP contribution in [0.25, 0.3) is 22.2 Å². The molecule has 0 bridgehead atoms. The Morgan fingerprint density at radius 2 is 1.38 bits per heavy atom. The summed E-state index contributed by atoms with van der Waals surface area (Å²) in [6.45, 7) is 0. The average molecular weight is 577 g/mol. The van der Waals surface area contributed by atoms with Gasteiger partial charge >= 0.3 is 24.3 Å². The average Bonchev–Trinajstić information content (AvgIpc) is 3.29. The first-order valence-electron chi connectivity index (χ1n) is 10.6. The van der Waals surface area contributed by atoms with E-state index in [4.69, 9.17) is 37.1 Å². The molecule has 0 aliphatic rings. The van der Waals surface area contributed by atoms with Crippen molar-refractivity contribution in [1.82, 2.24) is 15.0 Å². The van der Waals surface area contributed by atoms with Crippen LogP contribution in [0.3, 0.4) is 0 Å². The summed E-state index contributed by atoms with van der Waals surface area (Å²) in [7, 11) is 0. The monoisotopic (exact) mass is 576 g/mol. The maximum atomic E-state index is 10.6. The predicted molar refractivity (Wildman–Crippen MR) is 129 cm³/mol. The van der Waals surface area contributed by atoms with E-state index in [-0.39, 0.29) is 6.04 Å². The van der Waals surface area contributed by atoms with E-state index in [1.54, 1.807) is 12.4 Å². The number of aliphatic carboxylic acids is 2. The number of nitrogens with two attached hydrogens (primary N) is 1. The number of carboxylic acid groups (broad SMARTS) is 2. The van der Waals surface area contributed by atoms with Gasteiger partial charge < -0.3 is 20.9 Å². The van der Waals surface area contributed by atoms with Gasteiger partial charge in [-0.15, -0.1) is 0 Å². The van der Waals surface area contributed by atoms with Crippen LogP contribution in [0.1, 0.15) is 17.4 Å². The summed E-state index contributed by atoms with van der Waals surface area (Å²) in [4.78, 5) is 29.9. The predicted octanol–water partition coefficient (Wildman–Crippen LogP) is 5.79. The number of carbonyl (C=O) groups is 2. The van der Waals surface area contributed by atoms with Crippen LogP contribution in [0, 0.1) is 0 Å². The van der Waals surface area contributed by atoms with Crippen LogP contribution >= 0.6 is 11.6 Å². The standard InChI is InChI=1S/C20H17ClN4.2C2HF3O2/c21-16-4-1-13(2-5-16)11-17(22)20-24-18-6-3-15(12-19(18)25-20)14-7-9-23-10-8-14;2*3-2(4,5)1(6)7/h1-10,12,17H,11,22H2,(H,24,25);2*(H,6,7)/t17-;;/m1../s1. The molecule has 8 nitrogen and oxygen atoms in total. The number of pyridine rings is 1. The largest absolute Gasteiger partial charge is 0.490 e. The van der Waals surface area contributed by atoms with Crippen LogP contribution in [0.2, 0.25) is 5.02 Å². The number of imidazole rings is 1. The summed E-state index contributed by atoms with van der Waals surface area (Å²) in [5.41, 5.74) is 11.6. The van der Waals surface area contributed by atoms with Gasteiger partial charge in [0.25, 0.3) is 0 Å². The molecule has 2 heterocycles. The molecular weight excluding hydrogens is 558 g/mol. The molecule has 5 N–H and O–H groups in total. The zero-order valence-corrected chi connectivity index (χ0v) is 20.2. The van der Waals surface area contributed by atoms with Crippen molar-refractivity contribution >= 4 is 34.6 Å². The lowest BCUT2D eigenvalue weighted by molar-refractivity contribution is -0.193. The summed E-state index contributed by atoms with van der Waals surface area (Å²) in [5, 5.41) is 15.0. The van der Waals surface area contributed by atoms with Gasteiger partial charge in [0.1, 0.15) is 5.82 Å². The number of rotatable bonds is 4. The zero-order valence-electron chi connectivity index (χ0n) is 19.5. The highest BCUT2D eigenvalue weighted by atomic mass is 35.5. The Morgan fingerprint density at radius 1 is 0.872 bits per heavy atom. The molecule has 2 aromatic heterocycles. The first-order chi connectivity index (χ1) is 18.1. The molecule has 0 saturated carbocycles. The summed E-state index contributed by atoms with van der Waals surface area (Å²) in [6.07, 6.45) is -5.88. The number of alkyl halides is 6. The lowest BCUT2D eigenvalue weighted by Gasteiger charge is -2.08. The molecule has 4 aromatic rings. The van der Waals surface area contributed by atoms with Gasteiger partial charge in [0.2, 0.25) is 0 Å². The van der Waals surface area contributed by atoms with Gasteiger partial charge in [0.15, 0.2) is 0 Å². The lowest BCUT2D eigenvalue weighted by Crippen LogP contribution is -2.21. The first-order valence-corrected chi connectivity index (χ1v) is 11.0. The molecule has 39 heavy (non-hydrogen) atoms. The molecule has 1 atom stereocenters. The minimum absolute atomic E-state index is 0.196. The number of nitrogens with one attached hydrogen (secondary N) is 1. The molecule has 0 spiro atoms. The third-order valence-electron chi connectivity index (χ3n) is 4.72. The topological polar surface area (TPSA) is 142 Å². The smallest absolute Gasteiger partial charge is 0.475 e. The molecule has 208 valence electrons. The summed E-state index contributed by atoms with van der Waals surface area (Å²) in [6, 6.07) is 17.7. The van der Waals surface area contributed by atoms with Crippen molar-refractivity contribution in [3.05, 3.63) is 83.4 Å². The van der Waals surface area contributed by atoms with Crippen LogP contribution in [0.5, 0.6) is 0 Å². The van der Waals surface area contributed by atoms with E-state index in [9.17, 15) is 26.3 Å². The highest BCUT2D eigenvalue weighted by Crippen LogP contribution is 2.25. The van der Waals surface area contributed by atoms with Gasteiger partial charge in [0.05, 0.1) is 17.1 Å². The van der Waals surface area contributed by atoms with E-state index in [0.29, 0.717) is 6.42 Å². The van der Waals surface area contributed by atoms with Crippen molar-refractivity contribution in [2.75, 3.05) is 0 Å². The zero-order chi connectivity index (χ0) is 29.4. The number of aromatic amines is 1. The second kappa shape index (κ2) is 13.1. The Bertz CT molecular complexity index is 1370. The Labute approximate surface area is 221 Å². The molecule has 15 heteroatoms. The third kappa shape index (κ3) is 9.90. The quantitative estimate of drug-likeness (QED) is 0.225. The Morgan fingerprint density at radius 3 is 1.87 bits per heavy atom. The van der Waals surface area contributed by atoms with E-state index in [0.717, 1.165) is 38.6 Å². The number of nitrogens with zero attached hydrogens (tertiary/aromatic N) is 2. The second-order valence-electron chi connectivity index (χ2n) is 7.63. The van der Waals surface area contributed by atoms with Gasteiger partial charge in [-0.05, 0) is 59.5 Å². The molecule has 0 aliphatic heterocycles. The van der Waals surface area contributed by atoms with Crippen molar-refractivity contribution < 1.29 is 46.1 Å². The minimum atomic E-state index is -5.08. The third-order valence-corrected chi connectivity index (χ3v) is 4.97. The fourth-order valence-corrected chi connectivity index (χ4v) is 3.03. The van der Waals surface area contributed by atoms with Crippen LogP contribution in [0.15, 0.2) is 67.0 Å². The van der Waals surface area contributed by atoms with Crippen molar-refractivity contribution in [3.8, 4) is 11.1 Å². The van der Waals surface area contributed by atoms with Crippen LogP contribution in [0.4, 0.5) is 26.3 Å². The maximum Gasteiger partial charge on any atom is 0.490 e. The molecular formula is C24H19ClF6N4O4. The number of benzene rings is 2. The molecule has 0 saturated heterocycles. The highest BCUT2D eigenvalue weighted by Gasteiger charge is 2.38. The number of hydrogen-bond donors (Lipinski definition) is 4. The first kappa shape index (κ1) is 31.1. The van der Waals surface area contributed by atoms with Gasteiger partial charge in [-0.2, -0.15) is 26.3 Å². The highest BCUT2D eigenvalue weighted by molar-refractivity contribution is 6.30. The minimum Gasteiger partial charge on any atom is -0.475 e. The fourth-order valence-electron chi connectivity index (χ4n) is 2.90. The SMILES string of the molecule is N[C@H](Cc1ccc(Cl)cc1)c1nc2ccc(-c3ccncc3)cc2[nH]1.O=C(O)C(F)(F)F.O=C(O)C(F)(F)F. The normalized spacial score (nSPS) is 12.0. The van der Waals surface area contributed by atoms with Gasteiger partial charge in [-0.1, -0.05) is 29.8 Å². The molecule has 0 radical (unpaired) electrons. The maximum absolute atomic E-state index is 10.6. The molecule has 0 aliphatic carbocycles. The lowest BCUT2D eigenvalue weighted by atomic mass is 10.1. The van der Waals surface area contributed by atoms with E-state index in [1.165, 1.54) is 0 Å². The molecule has 4 rings (SSSR count). The number of carboxylic acids is 2. The van der Waals surface area contributed by atoms with E-state index < -0.39 is 24.3 Å². The van der Waals surface area contributed by atoms with E-state index in [2.05, 4.69) is 27.1 Å². The van der Waals surface area contributed by atoms with Crippen LogP contribution < -0.4 is 5.73 Å². The van der Waals surface area contributed by atoms with Crippen molar-refractivity contribution in [2.45, 2.75) is 24.8 Å². The fraction of sp³-hybridized carbons (Fsp3) is 0.167. The van der Waals surface area contributed by atoms with E-state index in [1.807, 2.05) is 42.5 Å². The van der Waals surface area contributed by atoms with E-state index >= 15 is 0 Å².